The molecule has 29 heavy (non-hydrogen) atoms. The summed E-state index contributed by atoms with van der Waals surface area (Å²) in [6.45, 7) is 9.45. The summed E-state index contributed by atoms with van der Waals surface area (Å²) in [7, 11) is -0.663. The van der Waals surface area contributed by atoms with E-state index in [1.165, 1.54) is 103 Å². The molecule has 0 N–H and O–H groups in total. The van der Waals surface area contributed by atoms with E-state index < -0.39 is 7.26 Å². The normalized spacial score (nSPS) is 11.6. The predicted molar refractivity (Wildman–Crippen MR) is 137 cm³/mol. The van der Waals surface area contributed by atoms with E-state index in [9.17, 15) is 0 Å². The van der Waals surface area contributed by atoms with Gasteiger partial charge in [-0.15, -0.1) is 0 Å². The molecule has 2 heteroatoms. The lowest BCUT2D eigenvalue weighted by molar-refractivity contribution is -0.00000646. The van der Waals surface area contributed by atoms with E-state index in [2.05, 4.69) is 27.7 Å². The van der Waals surface area contributed by atoms with E-state index in [4.69, 9.17) is 0 Å². The zero-order valence-electron chi connectivity index (χ0n) is 21.1. The molecule has 0 unspecified atom stereocenters. The van der Waals surface area contributed by atoms with Crippen molar-refractivity contribution in [2.24, 2.45) is 0 Å². The second-order valence-electron chi connectivity index (χ2n) is 9.54. The van der Waals surface area contributed by atoms with Crippen molar-refractivity contribution in [2.45, 2.75) is 150 Å². The van der Waals surface area contributed by atoms with E-state index in [1.807, 2.05) is 0 Å². The lowest BCUT2D eigenvalue weighted by atomic mass is 10.1. The Balaban J connectivity index is 0. The fourth-order valence-corrected chi connectivity index (χ4v) is 9.80. The molecule has 0 bridgehead atoms. The molecular formula is C27H58IP. The minimum Gasteiger partial charge on any atom is -1.00 e. The highest BCUT2D eigenvalue weighted by molar-refractivity contribution is 7.75. The number of unbranched alkanes of at least 4 members (excludes halogenated alkanes) is 15. The second-order valence-corrected chi connectivity index (χ2v) is 14.0. The highest BCUT2D eigenvalue weighted by Crippen LogP contribution is 2.61. The first-order valence-electron chi connectivity index (χ1n) is 13.6. The molecule has 0 heterocycles. The van der Waals surface area contributed by atoms with Crippen LogP contribution in [0.25, 0.3) is 0 Å². The Morgan fingerprint density at radius 2 is 0.586 bits per heavy atom. The molecule has 0 amide bonds. The molecule has 0 atom stereocenters. The van der Waals surface area contributed by atoms with Crippen molar-refractivity contribution < 1.29 is 24.0 Å². The molecule has 0 nitrogen and oxygen atoms in total. The number of hydrogen-bond acceptors (Lipinski definition) is 0. The Hall–Kier alpha value is 1.16. The summed E-state index contributed by atoms with van der Waals surface area (Å²) in [5, 5.41) is 0. The number of rotatable bonds is 23. The van der Waals surface area contributed by atoms with Crippen LogP contribution in [0.5, 0.6) is 0 Å². The SMILES string of the molecule is CCCCCCCC[P+](CCC)(CCCCCCCC)CCCCCCCC.[I-]. The van der Waals surface area contributed by atoms with Crippen LogP contribution in [-0.2, 0) is 0 Å². The van der Waals surface area contributed by atoms with E-state index in [0.29, 0.717) is 0 Å². The number of hydrogen-bond donors (Lipinski definition) is 0. The lowest BCUT2D eigenvalue weighted by Gasteiger charge is -2.28. The second kappa shape index (κ2) is 25.4. The van der Waals surface area contributed by atoms with Gasteiger partial charge in [0.05, 0.1) is 24.6 Å². The topological polar surface area (TPSA) is 0 Å². The Morgan fingerprint density at radius 1 is 0.310 bits per heavy atom. The molecule has 0 radical (unpaired) electrons. The largest absolute Gasteiger partial charge is 1.00 e. The van der Waals surface area contributed by atoms with E-state index in [-0.39, 0.29) is 24.0 Å². The Labute approximate surface area is 204 Å². The average Bonchev–Trinajstić information content (AvgIpc) is 2.70. The van der Waals surface area contributed by atoms with Gasteiger partial charge in [-0.2, -0.15) is 0 Å². The van der Waals surface area contributed by atoms with Gasteiger partial charge in [-0.05, 0) is 44.9 Å². The zero-order chi connectivity index (χ0) is 20.8. The summed E-state index contributed by atoms with van der Waals surface area (Å²) in [6, 6.07) is 0. The molecule has 0 aliphatic carbocycles. The van der Waals surface area contributed by atoms with Gasteiger partial charge in [0, 0.05) is 7.26 Å². The molecule has 0 aliphatic rings. The van der Waals surface area contributed by atoms with E-state index >= 15 is 0 Å². The van der Waals surface area contributed by atoms with Crippen LogP contribution in [0.15, 0.2) is 0 Å². The van der Waals surface area contributed by atoms with Crippen LogP contribution in [0.4, 0.5) is 0 Å². The van der Waals surface area contributed by atoms with Crippen LogP contribution in [0.1, 0.15) is 150 Å². The zero-order valence-corrected chi connectivity index (χ0v) is 24.1. The van der Waals surface area contributed by atoms with Gasteiger partial charge in [0.25, 0.3) is 0 Å². The smallest absolute Gasteiger partial charge is 0.0594 e. The fraction of sp³-hybridized carbons (Fsp3) is 1.00. The molecule has 0 fully saturated rings. The van der Waals surface area contributed by atoms with Crippen molar-refractivity contribution in [1.82, 2.24) is 0 Å². The van der Waals surface area contributed by atoms with Gasteiger partial charge in [0.2, 0.25) is 0 Å². The lowest BCUT2D eigenvalue weighted by Crippen LogP contribution is -3.00. The third-order valence-electron chi connectivity index (χ3n) is 6.66. The minimum atomic E-state index is -0.663. The average molecular weight is 541 g/mol. The molecule has 0 aromatic carbocycles. The molecular weight excluding hydrogens is 482 g/mol. The van der Waals surface area contributed by atoms with Crippen molar-refractivity contribution in [3.05, 3.63) is 0 Å². The molecule has 0 aliphatic heterocycles. The summed E-state index contributed by atoms with van der Waals surface area (Å²) >= 11 is 0. The summed E-state index contributed by atoms with van der Waals surface area (Å²) < 4.78 is 0. The fourth-order valence-electron chi connectivity index (χ4n) is 4.83. The van der Waals surface area contributed by atoms with Crippen molar-refractivity contribution in [3.8, 4) is 0 Å². The first-order chi connectivity index (χ1) is 13.7. The molecule has 0 spiro atoms. The highest BCUT2D eigenvalue weighted by Gasteiger charge is 2.34. The Morgan fingerprint density at radius 3 is 0.862 bits per heavy atom. The van der Waals surface area contributed by atoms with E-state index in [0.717, 1.165) is 0 Å². The predicted octanol–water partition coefficient (Wildman–Crippen LogP) is 7.50. The van der Waals surface area contributed by atoms with Gasteiger partial charge >= 0.3 is 0 Å². The van der Waals surface area contributed by atoms with Gasteiger partial charge in [0.1, 0.15) is 0 Å². The van der Waals surface area contributed by atoms with Crippen molar-refractivity contribution in [2.75, 3.05) is 24.6 Å². The van der Waals surface area contributed by atoms with Gasteiger partial charge < -0.3 is 24.0 Å². The molecule has 0 saturated carbocycles. The maximum Gasteiger partial charge on any atom is 0.0594 e. The summed E-state index contributed by atoms with van der Waals surface area (Å²) in [5.74, 6) is 0. The maximum atomic E-state index is 2.46. The van der Waals surface area contributed by atoms with Crippen molar-refractivity contribution in [1.29, 1.82) is 0 Å². The van der Waals surface area contributed by atoms with Crippen LogP contribution >= 0.6 is 7.26 Å². The Bertz CT molecular complexity index is 251. The highest BCUT2D eigenvalue weighted by atomic mass is 127. The van der Waals surface area contributed by atoms with Crippen LogP contribution in [0.2, 0.25) is 0 Å². The van der Waals surface area contributed by atoms with Crippen LogP contribution in [0, 0.1) is 0 Å². The maximum absolute atomic E-state index is 2.46. The Kier molecular flexibility index (Phi) is 28.3. The van der Waals surface area contributed by atoms with E-state index in [1.54, 1.807) is 43.9 Å². The van der Waals surface area contributed by atoms with Gasteiger partial charge in [-0.3, -0.25) is 0 Å². The molecule has 0 rings (SSSR count). The van der Waals surface area contributed by atoms with Crippen LogP contribution in [-0.4, -0.2) is 24.6 Å². The van der Waals surface area contributed by atoms with Gasteiger partial charge in [-0.1, -0.05) is 105 Å². The monoisotopic (exact) mass is 540 g/mol. The first-order valence-corrected chi connectivity index (χ1v) is 16.1. The van der Waals surface area contributed by atoms with Crippen molar-refractivity contribution in [3.63, 3.8) is 0 Å². The molecule has 0 aromatic heterocycles. The van der Waals surface area contributed by atoms with Crippen LogP contribution < -0.4 is 24.0 Å². The molecule has 0 saturated heterocycles. The van der Waals surface area contributed by atoms with Gasteiger partial charge in [0.15, 0.2) is 0 Å². The standard InChI is InChI=1S/C27H58P.HI/c1-5-9-12-15-18-21-25-28(24-8-4,26-22-19-16-13-10-6-2)27-23-20-17-14-11-7-3;/h5-27H2,1-4H3;1H/q+1;/p-1. The third kappa shape index (κ3) is 20.8. The molecule has 0 aromatic rings. The third-order valence-corrected chi connectivity index (χ3v) is 11.8. The summed E-state index contributed by atoms with van der Waals surface area (Å²) in [6.07, 6.45) is 34.5. The minimum absolute atomic E-state index is 0. The quantitative estimate of drug-likeness (QED) is 0.0715. The summed E-state index contributed by atoms with van der Waals surface area (Å²) in [4.78, 5) is 0. The summed E-state index contributed by atoms with van der Waals surface area (Å²) in [5.41, 5.74) is 0. The number of halogens is 1. The van der Waals surface area contributed by atoms with Crippen molar-refractivity contribution >= 4 is 7.26 Å². The molecule has 178 valence electrons. The van der Waals surface area contributed by atoms with Gasteiger partial charge in [-0.25, -0.2) is 0 Å². The van der Waals surface area contributed by atoms with Crippen LogP contribution in [0.3, 0.4) is 0 Å². The first kappa shape index (κ1) is 32.3.